The predicted octanol–water partition coefficient (Wildman–Crippen LogP) is 5.29. The number of nitrogens with zero attached hydrogens (tertiary/aromatic N) is 2. The van der Waals surface area contributed by atoms with Crippen LogP contribution < -0.4 is 21.5 Å². The number of pyridine rings is 2. The van der Waals surface area contributed by atoms with Gasteiger partial charge in [-0.15, -0.1) is 0 Å². The number of aromatic nitrogens is 2. The first-order chi connectivity index (χ1) is 22.6. The predicted molar refractivity (Wildman–Crippen MR) is 169 cm³/mol. The first-order valence-electron chi connectivity index (χ1n) is 14.7. The molecule has 0 aliphatic carbocycles. The third-order valence-electron chi connectivity index (χ3n) is 7.76. The Balaban J connectivity index is 1.23. The maximum absolute atomic E-state index is 13.5. The number of rotatable bonds is 8. The van der Waals surface area contributed by atoms with E-state index in [-0.39, 0.29) is 28.6 Å². The minimum absolute atomic E-state index is 0.205. The van der Waals surface area contributed by atoms with Gasteiger partial charge in [0, 0.05) is 54.5 Å². The zero-order valence-corrected chi connectivity index (χ0v) is 24.7. The Hall–Kier alpha value is -5.34. The summed E-state index contributed by atoms with van der Waals surface area (Å²) >= 11 is 0. The van der Waals surface area contributed by atoms with E-state index >= 15 is 0 Å². The van der Waals surface area contributed by atoms with Crippen LogP contribution in [0.2, 0.25) is 0 Å². The number of carbonyl (C=O) groups is 2. The maximum Gasteiger partial charge on any atom is 0.417 e. The van der Waals surface area contributed by atoms with Crippen LogP contribution in [-0.2, 0) is 10.9 Å². The van der Waals surface area contributed by atoms with Crippen LogP contribution in [0.5, 0.6) is 0 Å². The molecule has 1 aliphatic heterocycles. The number of fused-ring (bicyclic) bond motifs is 3. The van der Waals surface area contributed by atoms with Gasteiger partial charge in [-0.25, -0.2) is 9.37 Å². The minimum Gasteiger partial charge on any atom is -0.379 e. The highest BCUT2D eigenvalue weighted by Crippen LogP contribution is 2.34. The molecule has 4 N–H and O–H groups in total. The first kappa shape index (κ1) is 31.6. The Labute approximate surface area is 264 Å². The average Bonchev–Trinajstić information content (AvgIpc) is 3.05. The number of halogens is 4. The van der Waals surface area contributed by atoms with Crippen molar-refractivity contribution in [1.82, 2.24) is 20.2 Å². The minimum atomic E-state index is -4.92. The molecule has 1 saturated heterocycles. The number of benzene rings is 3. The van der Waals surface area contributed by atoms with E-state index in [0.717, 1.165) is 25.2 Å². The molecule has 0 spiro atoms. The van der Waals surface area contributed by atoms with Crippen molar-refractivity contribution >= 4 is 50.7 Å². The SMILES string of the molecule is O=C(Nc1ccc(Nc2ccnc3[nH]c(=O)c4c(C(=O)NCCN5CCOCC5)cccc4c23)cc1)c1ccc(F)cc1C(F)(F)F. The molecule has 0 bridgehead atoms. The number of alkyl halides is 3. The second-order valence-corrected chi connectivity index (χ2v) is 10.8. The monoisotopic (exact) mass is 648 g/mol. The number of morpholine rings is 1. The van der Waals surface area contributed by atoms with E-state index in [9.17, 15) is 31.9 Å². The summed E-state index contributed by atoms with van der Waals surface area (Å²) in [5.74, 6) is -2.54. The third-order valence-corrected chi connectivity index (χ3v) is 7.76. The van der Waals surface area contributed by atoms with Crippen LogP contribution in [0.1, 0.15) is 26.3 Å². The molecule has 0 saturated carbocycles. The summed E-state index contributed by atoms with van der Waals surface area (Å²) in [7, 11) is 0. The zero-order valence-electron chi connectivity index (χ0n) is 24.7. The molecular formula is C33H28F4N6O4. The molecule has 3 heterocycles. The van der Waals surface area contributed by atoms with Crippen molar-refractivity contribution in [3.8, 4) is 0 Å². The quantitative estimate of drug-likeness (QED) is 0.133. The van der Waals surface area contributed by atoms with Gasteiger partial charge in [-0.2, -0.15) is 13.2 Å². The topological polar surface area (TPSA) is 128 Å². The summed E-state index contributed by atoms with van der Waals surface area (Å²) in [4.78, 5) is 48.3. The summed E-state index contributed by atoms with van der Waals surface area (Å²) in [6.07, 6.45) is -3.41. The number of anilines is 3. The molecule has 2 aromatic heterocycles. The van der Waals surface area contributed by atoms with Crippen molar-refractivity contribution in [2.24, 2.45) is 0 Å². The molecule has 242 valence electrons. The summed E-state index contributed by atoms with van der Waals surface area (Å²) in [5, 5.41) is 9.82. The summed E-state index contributed by atoms with van der Waals surface area (Å²) in [5.41, 5.74) is -0.739. The van der Waals surface area contributed by atoms with Gasteiger partial charge in [0.05, 0.1) is 41.0 Å². The standard InChI is InChI=1S/C33H28F4N6O4/c34-19-4-9-22(25(18-19)33(35,36)37)31(45)41-21-7-5-20(6-8-21)40-26-10-11-38-29-28(26)23-2-1-3-24(27(23)32(46)42-29)30(44)39-12-13-43-14-16-47-17-15-43/h1-11,18H,12-17H2,(H,39,44)(H,41,45)(H2,38,40,42,46). The lowest BCUT2D eigenvalue weighted by molar-refractivity contribution is -0.138. The number of aromatic amines is 1. The largest absolute Gasteiger partial charge is 0.417 e. The summed E-state index contributed by atoms with van der Waals surface area (Å²) < 4.78 is 59.0. The Morgan fingerprint density at radius 2 is 1.66 bits per heavy atom. The second-order valence-electron chi connectivity index (χ2n) is 10.8. The van der Waals surface area contributed by atoms with E-state index in [1.54, 1.807) is 36.4 Å². The van der Waals surface area contributed by atoms with Crippen molar-refractivity contribution in [3.63, 3.8) is 0 Å². The fourth-order valence-electron chi connectivity index (χ4n) is 5.49. The van der Waals surface area contributed by atoms with Crippen LogP contribution >= 0.6 is 0 Å². The molecule has 47 heavy (non-hydrogen) atoms. The van der Waals surface area contributed by atoms with Crippen LogP contribution in [0.4, 0.5) is 34.6 Å². The highest BCUT2D eigenvalue weighted by molar-refractivity contribution is 6.16. The lowest BCUT2D eigenvalue weighted by Crippen LogP contribution is -2.41. The van der Waals surface area contributed by atoms with Gasteiger partial charge in [-0.3, -0.25) is 19.3 Å². The maximum atomic E-state index is 13.5. The molecule has 6 rings (SSSR count). The number of ether oxygens (including phenoxy) is 1. The molecule has 14 heteroatoms. The van der Waals surface area contributed by atoms with Crippen molar-refractivity contribution < 1.29 is 31.9 Å². The molecule has 5 aromatic rings. The van der Waals surface area contributed by atoms with Gasteiger partial charge in [0.15, 0.2) is 0 Å². The average molecular weight is 649 g/mol. The molecule has 1 aliphatic rings. The molecule has 0 unspecified atom stereocenters. The smallest absolute Gasteiger partial charge is 0.379 e. The van der Waals surface area contributed by atoms with Crippen LogP contribution in [-0.4, -0.2) is 66.1 Å². The molecule has 2 amide bonds. The molecule has 0 radical (unpaired) electrons. The zero-order chi connectivity index (χ0) is 33.1. The highest BCUT2D eigenvalue weighted by atomic mass is 19.4. The molecule has 0 atom stereocenters. The molecule has 10 nitrogen and oxygen atoms in total. The lowest BCUT2D eigenvalue weighted by Gasteiger charge is -2.26. The fourth-order valence-corrected chi connectivity index (χ4v) is 5.49. The van der Waals surface area contributed by atoms with Crippen molar-refractivity contribution in [1.29, 1.82) is 0 Å². The van der Waals surface area contributed by atoms with E-state index in [0.29, 0.717) is 54.1 Å². The van der Waals surface area contributed by atoms with Crippen LogP contribution in [0, 0.1) is 5.82 Å². The lowest BCUT2D eigenvalue weighted by atomic mass is 10.0. The van der Waals surface area contributed by atoms with Gasteiger partial charge >= 0.3 is 6.18 Å². The number of carbonyl (C=O) groups excluding carboxylic acids is 2. The van der Waals surface area contributed by atoms with Gasteiger partial charge in [-0.05, 0) is 54.6 Å². The third kappa shape index (κ3) is 6.93. The number of amides is 2. The van der Waals surface area contributed by atoms with Gasteiger partial charge in [0.25, 0.3) is 17.4 Å². The first-order valence-corrected chi connectivity index (χ1v) is 14.7. The second kappa shape index (κ2) is 13.2. The van der Waals surface area contributed by atoms with E-state index < -0.39 is 34.6 Å². The number of hydrogen-bond donors (Lipinski definition) is 4. The Morgan fingerprint density at radius 3 is 2.40 bits per heavy atom. The van der Waals surface area contributed by atoms with Crippen LogP contribution in [0.25, 0.3) is 21.8 Å². The molecule has 3 aromatic carbocycles. The van der Waals surface area contributed by atoms with Crippen molar-refractivity contribution in [2.45, 2.75) is 6.18 Å². The molecule has 1 fully saturated rings. The number of H-pyrrole nitrogens is 1. The van der Waals surface area contributed by atoms with E-state index in [1.807, 2.05) is 0 Å². The van der Waals surface area contributed by atoms with Gasteiger partial charge in [0.2, 0.25) is 0 Å². The van der Waals surface area contributed by atoms with E-state index in [4.69, 9.17) is 4.74 Å². The van der Waals surface area contributed by atoms with Crippen LogP contribution in [0.15, 0.2) is 77.7 Å². The fraction of sp³-hybridized carbons (Fsp3) is 0.212. The highest BCUT2D eigenvalue weighted by Gasteiger charge is 2.35. The van der Waals surface area contributed by atoms with E-state index in [2.05, 4.69) is 30.8 Å². The van der Waals surface area contributed by atoms with Gasteiger partial charge < -0.3 is 25.7 Å². The summed E-state index contributed by atoms with van der Waals surface area (Å²) in [6.45, 7) is 3.92. The normalized spacial score (nSPS) is 13.9. The molecular weight excluding hydrogens is 620 g/mol. The Morgan fingerprint density at radius 1 is 0.915 bits per heavy atom. The van der Waals surface area contributed by atoms with Gasteiger partial charge in [-0.1, -0.05) is 12.1 Å². The Bertz CT molecular complexity index is 2030. The number of hydrogen-bond acceptors (Lipinski definition) is 7. The van der Waals surface area contributed by atoms with E-state index in [1.165, 1.54) is 18.3 Å². The number of nitrogens with one attached hydrogen (secondary N) is 4. The van der Waals surface area contributed by atoms with Crippen LogP contribution in [0.3, 0.4) is 0 Å². The van der Waals surface area contributed by atoms with Crippen molar-refractivity contribution in [2.75, 3.05) is 50.0 Å². The van der Waals surface area contributed by atoms with Crippen molar-refractivity contribution in [3.05, 3.63) is 106 Å². The Kier molecular flexibility index (Phi) is 8.87. The van der Waals surface area contributed by atoms with Gasteiger partial charge in [0.1, 0.15) is 11.5 Å². The summed E-state index contributed by atoms with van der Waals surface area (Å²) in [6, 6.07) is 14.7.